The van der Waals surface area contributed by atoms with Crippen molar-refractivity contribution in [2.75, 3.05) is 32.8 Å². The van der Waals surface area contributed by atoms with Crippen LogP contribution in [0.15, 0.2) is 76.2 Å². The van der Waals surface area contributed by atoms with Gasteiger partial charge in [0.05, 0.1) is 11.2 Å². The van der Waals surface area contributed by atoms with Crippen molar-refractivity contribution < 1.29 is 32.0 Å². The third-order valence-corrected chi connectivity index (χ3v) is 8.06. The Morgan fingerprint density at radius 2 is 1.61 bits per heavy atom. The number of furan rings is 1. The van der Waals surface area contributed by atoms with Gasteiger partial charge in [0.1, 0.15) is 5.75 Å². The first-order chi connectivity index (χ1) is 18.1. The number of benzene rings is 2. The van der Waals surface area contributed by atoms with Crippen molar-refractivity contribution in [3.63, 3.8) is 0 Å². The zero-order valence-electron chi connectivity index (χ0n) is 21.1. The van der Waals surface area contributed by atoms with Gasteiger partial charge in [0, 0.05) is 26.2 Å². The van der Waals surface area contributed by atoms with E-state index >= 15 is 0 Å². The molecule has 1 aromatic heterocycles. The smallest absolute Gasteiger partial charge is 0.288 e. The fraction of sp³-hybridized carbons (Fsp3) is 0.296. The monoisotopic (exact) mass is 539 g/mol. The van der Waals surface area contributed by atoms with Crippen molar-refractivity contribution in [3.05, 3.63) is 83.8 Å². The largest absolute Gasteiger partial charge is 0.484 e. The molecule has 1 N–H and O–H groups in total. The van der Waals surface area contributed by atoms with Gasteiger partial charge in [-0.15, -0.1) is 0 Å². The molecule has 0 saturated carbocycles. The summed E-state index contributed by atoms with van der Waals surface area (Å²) in [7, 11) is -4.29. The average Bonchev–Trinajstić information content (AvgIpc) is 3.45. The molecule has 1 aliphatic rings. The summed E-state index contributed by atoms with van der Waals surface area (Å²) in [6.07, 6.45) is 1.28. The highest BCUT2D eigenvalue weighted by Crippen LogP contribution is 2.19. The molecule has 1 atom stereocenters. The van der Waals surface area contributed by atoms with Crippen molar-refractivity contribution in [3.8, 4) is 5.75 Å². The summed E-state index contributed by atoms with van der Waals surface area (Å²) < 4.78 is 37.6. The van der Waals surface area contributed by atoms with Crippen LogP contribution in [0, 0.1) is 13.8 Å². The maximum atomic E-state index is 13.5. The van der Waals surface area contributed by atoms with Crippen molar-refractivity contribution in [1.82, 2.24) is 15.1 Å². The number of hydrogen-bond acceptors (Lipinski definition) is 7. The standard InChI is InChI=1S/C27H29N3O7S/c1-19-8-10-22(11-9-19)38(34,35)26(28-25(32)23-7-4-16-36-23)27(33)30-14-12-29(13-15-30)24(31)18-37-21-6-3-5-20(2)17-21/h3-11,16-17,26H,12-15,18H2,1-2H3,(H,28,32)/t26-/m1/s1. The normalized spacial score (nSPS) is 14.6. The topological polar surface area (TPSA) is 126 Å². The molecule has 38 heavy (non-hydrogen) atoms. The lowest BCUT2D eigenvalue weighted by atomic mass is 10.2. The van der Waals surface area contributed by atoms with Crippen LogP contribution in [-0.4, -0.2) is 74.1 Å². The molecule has 0 aliphatic carbocycles. The lowest BCUT2D eigenvalue weighted by Crippen LogP contribution is -2.58. The SMILES string of the molecule is Cc1ccc(S(=O)(=O)[C@@H](NC(=O)c2ccco2)C(=O)N2CCN(C(=O)COc3cccc(C)c3)CC2)cc1. The summed E-state index contributed by atoms with van der Waals surface area (Å²) in [5, 5.41) is 0.468. The lowest BCUT2D eigenvalue weighted by molar-refractivity contribution is -0.140. The molecular formula is C27H29N3O7S. The number of aryl methyl sites for hydroxylation is 2. The summed E-state index contributed by atoms with van der Waals surface area (Å²) in [5.41, 5.74) is 1.86. The molecule has 0 bridgehead atoms. The molecule has 0 spiro atoms. The molecule has 2 aromatic carbocycles. The summed E-state index contributed by atoms with van der Waals surface area (Å²) in [6, 6.07) is 16.2. The van der Waals surface area contributed by atoms with E-state index in [0.29, 0.717) is 5.75 Å². The van der Waals surface area contributed by atoms with Gasteiger partial charge in [0.15, 0.2) is 12.4 Å². The number of amides is 3. The Hall–Kier alpha value is -4.12. The first-order valence-corrected chi connectivity index (χ1v) is 13.6. The van der Waals surface area contributed by atoms with Gasteiger partial charge in [-0.25, -0.2) is 8.42 Å². The minimum Gasteiger partial charge on any atom is -0.484 e. The quantitative estimate of drug-likeness (QED) is 0.465. The van der Waals surface area contributed by atoms with Crippen LogP contribution in [0.3, 0.4) is 0 Å². The number of rotatable bonds is 8. The third kappa shape index (κ3) is 6.23. The number of ether oxygens (including phenoxy) is 1. The summed E-state index contributed by atoms with van der Waals surface area (Å²) in [5.74, 6) is -1.39. The Balaban J connectivity index is 1.44. The van der Waals surface area contributed by atoms with E-state index in [0.717, 1.165) is 11.1 Å². The van der Waals surface area contributed by atoms with Crippen LogP contribution >= 0.6 is 0 Å². The number of piperazine rings is 1. The van der Waals surface area contributed by atoms with Crippen LogP contribution in [-0.2, 0) is 19.4 Å². The van der Waals surface area contributed by atoms with Crippen LogP contribution in [0.2, 0.25) is 0 Å². The Morgan fingerprint density at radius 3 is 2.24 bits per heavy atom. The highest BCUT2D eigenvalue weighted by molar-refractivity contribution is 7.92. The number of carbonyl (C=O) groups excluding carboxylic acids is 3. The van der Waals surface area contributed by atoms with E-state index in [1.54, 1.807) is 23.1 Å². The van der Waals surface area contributed by atoms with Gasteiger partial charge in [-0.2, -0.15) is 0 Å². The molecule has 0 unspecified atom stereocenters. The van der Waals surface area contributed by atoms with Crippen molar-refractivity contribution in [2.45, 2.75) is 24.1 Å². The predicted molar refractivity (Wildman–Crippen MR) is 138 cm³/mol. The fourth-order valence-corrected chi connectivity index (χ4v) is 5.48. The molecule has 4 rings (SSSR count). The Bertz CT molecular complexity index is 1390. The maximum Gasteiger partial charge on any atom is 0.288 e. The molecule has 1 fully saturated rings. The molecule has 3 amide bonds. The van der Waals surface area contributed by atoms with Crippen molar-refractivity contribution >= 4 is 27.6 Å². The predicted octanol–water partition coefficient (Wildman–Crippen LogP) is 2.18. The molecule has 11 heteroatoms. The van der Waals surface area contributed by atoms with Gasteiger partial charge in [-0.05, 0) is 55.8 Å². The van der Waals surface area contributed by atoms with E-state index in [1.165, 1.54) is 35.4 Å². The number of carbonyl (C=O) groups is 3. The fourth-order valence-electron chi connectivity index (χ4n) is 4.02. The van der Waals surface area contributed by atoms with Gasteiger partial charge in [-0.1, -0.05) is 29.8 Å². The summed E-state index contributed by atoms with van der Waals surface area (Å²) in [6.45, 7) is 4.19. The number of nitrogens with zero attached hydrogens (tertiary/aromatic N) is 2. The first-order valence-electron chi connectivity index (χ1n) is 12.1. The van der Waals surface area contributed by atoms with E-state index in [4.69, 9.17) is 9.15 Å². The van der Waals surface area contributed by atoms with Gasteiger partial charge in [0.25, 0.3) is 17.7 Å². The van der Waals surface area contributed by atoms with E-state index < -0.39 is 27.0 Å². The second-order valence-electron chi connectivity index (χ2n) is 9.00. The molecule has 0 radical (unpaired) electrons. The van der Waals surface area contributed by atoms with Crippen LogP contribution in [0.1, 0.15) is 21.7 Å². The summed E-state index contributed by atoms with van der Waals surface area (Å²) >= 11 is 0. The van der Waals surface area contributed by atoms with Crippen LogP contribution in [0.5, 0.6) is 5.75 Å². The minimum absolute atomic E-state index is 0.0942. The Morgan fingerprint density at radius 1 is 0.921 bits per heavy atom. The van der Waals surface area contributed by atoms with E-state index in [2.05, 4.69) is 5.32 Å². The number of hydrogen-bond donors (Lipinski definition) is 1. The zero-order chi connectivity index (χ0) is 27.3. The van der Waals surface area contributed by atoms with Gasteiger partial charge in [-0.3, -0.25) is 14.4 Å². The summed E-state index contributed by atoms with van der Waals surface area (Å²) in [4.78, 5) is 41.6. The maximum absolute atomic E-state index is 13.5. The van der Waals surface area contributed by atoms with E-state index in [-0.39, 0.29) is 49.3 Å². The minimum atomic E-state index is -4.29. The Kier molecular flexibility index (Phi) is 8.16. The van der Waals surface area contributed by atoms with E-state index in [1.807, 2.05) is 32.0 Å². The molecule has 1 aliphatic heterocycles. The average molecular weight is 540 g/mol. The second kappa shape index (κ2) is 11.5. The van der Waals surface area contributed by atoms with Crippen molar-refractivity contribution in [1.29, 1.82) is 0 Å². The highest BCUT2D eigenvalue weighted by Gasteiger charge is 2.40. The lowest BCUT2D eigenvalue weighted by Gasteiger charge is -2.36. The van der Waals surface area contributed by atoms with Gasteiger partial charge < -0.3 is 24.3 Å². The van der Waals surface area contributed by atoms with Gasteiger partial charge in [0.2, 0.25) is 15.2 Å². The highest BCUT2D eigenvalue weighted by atomic mass is 32.2. The number of nitrogens with one attached hydrogen (secondary N) is 1. The van der Waals surface area contributed by atoms with Crippen LogP contribution < -0.4 is 10.1 Å². The molecule has 1 saturated heterocycles. The third-order valence-electron chi connectivity index (χ3n) is 6.19. The first kappa shape index (κ1) is 26.9. The molecule has 200 valence electrons. The van der Waals surface area contributed by atoms with Crippen LogP contribution in [0.25, 0.3) is 0 Å². The van der Waals surface area contributed by atoms with E-state index in [9.17, 15) is 22.8 Å². The number of sulfone groups is 1. The molecular weight excluding hydrogens is 510 g/mol. The Labute approximate surface area is 221 Å². The second-order valence-corrected chi connectivity index (χ2v) is 11.0. The molecule has 10 nitrogen and oxygen atoms in total. The van der Waals surface area contributed by atoms with Crippen LogP contribution in [0.4, 0.5) is 0 Å². The van der Waals surface area contributed by atoms with Gasteiger partial charge >= 0.3 is 0 Å². The molecule has 2 heterocycles. The molecule has 3 aromatic rings. The van der Waals surface area contributed by atoms with Crippen molar-refractivity contribution in [2.24, 2.45) is 0 Å². The zero-order valence-corrected chi connectivity index (χ0v) is 21.9.